The van der Waals surface area contributed by atoms with Crippen molar-refractivity contribution < 1.29 is 0 Å². The maximum Gasteiger partial charge on any atom is 0.0768 e. The van der Waals surface area contributed by atoms with Crippen molar-refractivity contribution in [2.45, 2.75) is 10.6 Å². The van der Waals surface area contributed by atoms with Crippen LogP contribution in [0.15, 0.2) is 56.8 Å². The summed E-state index contributed by atoms with van der Waals surface area (Å²) in [5.41, 5.74) is 4.51. The van der Waals surface area contributed by atoms with Gasteiger partial charge in [-0.3, -0.25) is 4.99 Å². The van der Waals surface area contributed by atoms with Crippen LogP contribution < -0.4 is 0 Å². The van der Waals surface area contributed by atoms with Gasteiger partial charge in [0.25, 0.3) is 0 Å². The van der Waals surface area contributed by atoms with Crippen LogP contribution in [0, 0.1) is 0 Å². The van der Waals surface area contributed by atoms with Crippen molar-refractivity contribution in [3.63, 3.8) is 0 Å². The van der Waals surface area contributed by atoms with Crippen molar-refractivity contribution in [3.05, 3.63) is 57.5 Å². The third-order valence-electron chi connectivity index (χ3n) is 2.85. The predicted octanol–water partition coefficient (Wildman–Crippen LogP) is 5.34. The Morgan fingerprint density at radius 3 is 2.67 bits per heavy atom. The molecular formula is C14H11BrClNS. The van der Waals surface area contributed by atoms with Gasteiger partial charge in [-0.05, 0) is 35.9 Å². The van der Waals surface area contributed by atoms with Gasteiger partial charge in [-0.2, -0.15) is 10.9 Å². The van der Waals surface area contributed by atoms with Gasteiger partial charge in [0, 0.05) is 25.7 Å². The fourth-order valence-corrected chi connectivity index (χ4v) is 4.35. The average Bonchev–Trinajstić information content (AvgIpc) is 2.74. The molecule has 0 saturated carbocycles. The molecule has 0 spiro atoms. The molecular weight excluding hydrogens is 330 g/mol. The van der Waals surface area contributed by atoms with Crippen molar-refractivity contribution in [3.8, 4) is 0 Å². The number of hydrogen-bond donors (Lipinski definition) is 1. The summed E-state index contributed by atoms with van der Waals surface area (Å²) in [6, 6.07) is 14.4. The lowest BCUT2D eigenvalue weighted by atomic mass is 10.2. The standard InChI is InChI=1S/C14H11BrClNS/c15-11-3-6-14-13(7-11)17-9-18(14)8-10-1-4-12(16)5-2-10/h1-7,9,18H,8H2. The number of rotatable bonds is 2. The fraction of sp³-hybridized carbons (Fsp3) is 0.0714. The van der Waals surface area contributed by atoms with Crippen LogP contribution in [0.4, 0.5) is 5.69 Å². The van der Waals surface area contributed by atoms with Crippen LogP contribution in [0.2, 0.25) is 5.02 Å². The first-order valence-corrected chi connectivity index (χ1v) is 8.34. The minimum absolute atomic E-state index is 0.315. The number of hydrogen-bond acceptors (Lipinski definition) is 1. The maximum absolute atomic E-state index is 5.90. The largest absolute Gasteiger partial charge is 0.250 e. The number of aliphatic imine (C=N–C) groups is 1. The minimum Gasteiger partial charge on any atom is -0.250 e. The van der Waals surface area contributed by atoms with Crippen LogP contribution >= 0.6 is 38.4 Å². The third kappa shape index (κ3) is 2.48. The van der Waals surface area contributed by atoms with Gasteiger partial charge < -0.3 is 0 Å². The van der Waals surface area contributed by atoms with Crippen LogP contribution in [0.1, 0.15) is 5.56 Å². The second kappa shape index (κ2) is 5.08. The molecule has 18 heavy (non-hydrogen) atoms. The molecule has 0 aromatic heterocycles. The summed E-state index contributed by atoms with van der Waals surface area (Å²) in [6.07, 6.45) is 0. The van der Waals surface area contributed by atoms with Crippen LogP contribution in [0.5, 0.6) is 0 Å². The molecule has 0 bridgehead atoms. The number of fused-ring (bicyclic) bond motifs is 1. The van der Waals surface area contributed by atoms with E-state index in [1.165, 1.54) is 10.5 Å². The van der Waals surface area contributed by atoms with E-state index in [1.807, 2.05) is 12.1 Å². The fourth-order valence-electron chi connectivity index (χ4n) is 1.95. The van der Waals surface area contributed by atoms with Crippen molar-refractivity contribution in [2.24, 2.45) is 4.99 Å². The zero-order valence-corrected chi connectivity index (χ0v) is 12.7. The summed E-state index contributed by atoms with van der Waals surface area (Å²) in [4.78, 5) is 5.87. The van der Waals surface area contributed by atoms with Gasteiger partial charge >= 0.3 is 0 Å². The lowest BCUT2D eigenvalue weighted by Gasteiger charge is -2.13. The molecule has 4 heteroatoms. The van der Waals surface area contributed by atoms with E-state index in [2.05, 4.69) is 56.8 Å². The Morgan fingerprint density at radius 2 is 1.89 bits per heavy atom. The molecule has 1 nitrogen and oxygen atoms in total. The monoisotopic (exact) mass is 339 g/mol. The smallest absolute Gasteiger partial charge is 0.0768 e. The summed E-state index contributed by atoms with van der Waals surface area (Å²) in [7, 11) is -0.315. The molecule has 1 atom stereocenters. The first-order chi connectivity index (χ1) is 8.72. The Balaban J connectivity index is 1.85. The van der Waals surface area contributed by atoms with Crippen LogP contribution in [-0.2, 0) is 5.75 Å². The van der Waals surface area contributed by atoms with E-state index in [-0.39, 0.29) is 10.9 Å². The van der Waals surface area contributed by atoms with E-state index in [9.17, 15) is 0 Å². The van der Waals surface area contributed by atoms with Crippen molar-refractivity contribution >= 4 is 49.7 Å². The summed E-state index contributed by atoms with van der Waals surface area (Å²) in [6.45, 7) is 0. The highest BCUT2D eigenvalue weighted by Crippen LogP contribution is 2.48. The van der Waals surface area contributed by atoms with Crippen LogP contribution in [0.3, 0.4) is 0 Å². The maximum atomic E-state index is 5.90. The van der Waals surface area contributed by atoms with E-state index in [1.54, 1.807) is 0 Å². The Hall–Kier alpha value is -0.770. The molecule has 0 aliphatic carbocycles. The molecule has 0 amide bonds. The predicted molar refractivity (Wildman–Crippen MR) is 84.7 cm³/mol. The zero-order chi connectivity index (χ0) is 12.5. The second-order valence-corrected chi connectivity index (χ2v) is 7.45. The van der Waals surface area contributed by atoms with E-state index in [0.717, 1.165) is 20.9 Å². The van der Waals surface area contributed by atoms with Gasteiger partial charge in [-0.25, -0.2) is 0 Å². The van der Waals surface area contributed by atoms with Crippen LogP contribution in [0.25, 0.3) is 0 Å². The Labute approximate surface area is 122 Å². The highest BCUT2D eigenvalue weighted by Gasteiger charge is 2.15. The molecule has 0 saturated heterocycles. The van der Waals surface area contributed by atoms with Crippen molar-refractivity contribution in [2.75, 3.05) is 0 Å². The molecule has 0 radical (unpaired) electrons. The van der Waals surface area contributed by atoms with E-state index >= 15 is 0 Å². The topological polar surface area (TPSA) is 12.4 Å². The molecule has 2 aromatic carbocycles. The summed E-state index contributed by atoms with van der Waals surface area (Å²) >= 11 is 9.38. The molecule has 0 N–H and O–H groups in total. The summed E-state index contributed by atoms with van der Waals surface area (Å²) in [5, 5.41) is 0.788. The minimum atomic E-state index is -0.315. The molecule has 92 valence electrons. The number of thiol groups is 1. The molecule has 2 aromatic rings. The van der Waals surface area contributed by atoms with Crippen molar-refractivity contribution in [1.82, 2.24) is 0 Å². The quantitative estimate of drug-likeness (QED) is 0.709. The molecule has 1 heterocycles. The molecule has 1 aliphatic rings. The first kappa shape index (κ1) is 12.3. The number of halogens is 2. The molecule has 3 rings (SSSR count). The van der Waals surface area contributed by atoms with Gasteiger partial charge in [0.15, 0.2) is 0 Å². The highest BCUT2D eigenvalue weighted by atomic mass is 79.9. The second-order valence-electron chi connectivity index (χ2n) is 4.13. The Bertz CT molecular complexity index is 610. The number of nitrogens with zero attached hydrogens (tertiary/aromatic N) is 1. The highest BCUT2D eigenvalue weighted by molar-refractivity contribution is 9.10. The van der Waals surface area contributed by atoms with E-state index in [4.69, 9.17) is 11.6 Å². The summed E-state index contributed by atoms with van der Waals surface area (Å²) < 4.78 is 1.08. The lowest BCUT2D eigenvalue weighted by molar-refractivity contribution is 1.36. The van der Waals surface area contributed by atoms with Gasteiger partial charge in [-0.1, -0.05) is 39.7 Å². The lowest BCUT2D eigenvalue weighted by Crippen LogP contribution is -1.87. The normalized spacial score (nSPS) is 18.9. The molecule has 1 aliphatic heterocycles. The third-order valence-corrected chi connectivity index (χ3v) is 5.69. The van der Waals surface area contributed by atoms with Gasteiger partial charge in [0.1, 0.15) is 0 Å². The van der Waals surface area contributed by atoms with Gasteiger partial charge in [-0.15, -0.1) is 0 Å². The number of benzene rings is 2. The van der Waals surface area contributed by atoms with Gasteiger partial charge in [0.05, 0.1) is 5.69 Å². The molecule has 0 fully saturated rings. The van der Waals surface area contributed by atoms with Crippen molar-refractivity contribution in [1.29, 1.82) is 0 Å². The van der Waals surface area contributed by atoms with Crippen LogP contribution in [-0.4, -0.2) is 5.55 Å². The van der Waals surface area contributed by atoms with E-state index < -0.39 is 0 Å². The average molecular weight is 341 g/mol. The SMILES string of the molecule is Clc1ccc(C[SH]2C=Nc3cc(Br)ccc32)cc1. The Morgan fingerprint density at radius 1 is 1.11 bits per heavy atom. The van der Waals surface area contributed by atoms with E-state index in [0.29, 0.717) is 0 Å². The summed E-state index contributed by atoms with van der Waals surface area (Å²) in [5.74, 6) is 1.03. The molecule has 1 unspecified atom stereocenters. The Kier molecular flexibility index (Phi) is 3.46. The first-order valence-electron chi connectivity index (χ1n) is 5.57. The zero-order valence-electron chi connectivity index (χ0n) is 9.48. The van der Waals surface area contributed by atoms with Gasteiger partial charge in [0.2, 0.25) is 0 Å².